The summed E-state index contributed by atoms with van der Waals surface area (Å²) in [5.74, 6) is 0. The summed E-state index contributed by atoms with van der Waals surface area (Å²) in [7, 11) is 1.66. The van der Waals surface area contributed by atoms with Crippen molar-refractivity contribution in [1.29, 1.82) is 0 Å². The van der Waals surface area contributed by atoms with Crippen LogP contribution in [-0.2, 0) is 16.1 Å². The van der Waals surface area contributed by atoms with E-state index in [4.69, 9.17) is 21.1 Å². The van der Waals surface area contributed by atoms with Crippen LogP contribution in [0.1, 0.15) is 5.56 Å². The van der Waals surface area contributed by atoms with Crippen molar-refractivity contribution in [3.8, 4) is 11.3 Å². The smallest absolute Gasteiger partial charge is 0.0888 e. The third kappa shape index (κ3) is 4.03. The highest BCUT2D eigenvalue weighted by atomic mass is 35.5. The number of ether oxygens (including phenoxy) is 2. The average molecular weight is 278 g/mol. The SMILES string of the molecule is COCCOCc1cccc(-c2ncccc2Cl)c1. The predicted molar refractivity (Wildman–Crippen MR) is 76.2 cm³/mol. The van der Waals surface area contributed by atoms with Crippen molar-refractivity contribution in [2.75, 3.05) is 20.3 Å². The van der Waals surface area contributed by atoms with Crippen molar-refractivity contribution < 1.29 is 9.47 Å². The van der Waals surface area contributed by atoms with Gasteiger partial charge in [0, 0.05) is 18.9 Å². The molecule has 1 aromatic heterocycles. The molecule has 0 spiro atoms. The van der Waals surface area contributed by atoms with Crippen molar-refractivity contribution in [1.82, 2.24) is 4.98 Å². The van der Waals surface area contributed by atoms with E-state index in [0.29, 0.717) is 24.8 Å². The molecule has 19 heavy (non-hydrogen) atoms. The Hall–Kier alpha value is -1.42. The number of nitrogens with zero attached hydrogens (tertiary/aromatic N) is 1. The van der Waals surface area contributed by atoms with E-state index in [2.05, 4.69) is 4.98 Å². The number of halogens is 1. The van der Waals surface area contributed by atoms with E-state index >= 15 is 0 Å². The molecule has 0 aliphatic rings. The fraction of sp³-hybridized carbons (Fsp3) is 0.267. The number of hydrogen-bond acceptors (Lipinski definition) is 3. The molecule has 3 nitrogen and oxygen atoms in total. The normalized spacial score (nSPS) is 10.6. The molecule has 2 rings (SSSR count). The van der Waals surface area contributed by atoms with E-state index in [1.54, 1.807) is 13.3 Å². The maximum atomic E-state index is 6.15. The maximum absolute atomic E-state index is 6.15. The van der Waals surface area contributed by atoms with Gasteiger partial charge in [-0.15, -0.1) is 0 Å². The Morgan fingerprint density at radius 2 is 2.05 bits per heavy atom. The van der Waals surface area contributed by atoms with Crippen LogP contribution in [0.25, 0.3) is 11.3 Å². The summed E-state index contributed by atoms with van der Waals surface area (Å²) in [5, 5.41) is 0.653. The van der Waals surface area contributed by atoms with Crippen LogP contribution in [0.4, 0.5) is 0 Å². The Morgan fingerprint density at radius 3 is 2.84 bits per heavy atom. The van der Waals surface area contributed by atoms with Gasteiger partial charge in [0.1, 0.15) is 0 Å². The minimum atomic E-state index is 0.557. The number of pyridine rings is 1. The van der Waals surface area contributed by atoms with Gasteiger partial charge in [-0.05, 0) is 23.8 Å². The van der Waals surface area contributed by atoms with Crippen LogP contribution < -0.4 is 0 Å². The zero-order valence-corrected chi connectivity index (χ0v) is 11.6. The van der Waals surface area contributed by atoms with Crippen LogP contribution in [-0.4, -0.2) is 25.3 Å². The molecule has 100 valence electrons. The lowest BCUT2D eigenvalue weighted by atomic mass is 10.1. The van der Waals surface area contributed by atoms with Gasteiger partial charge in [-0.1, -0.05) is 29.8 Å². The summed E-state index contributed by atoms with van der Waals surface area (Å²) >= 11 is 6.15. The number of methoxy groups -OCH3 is 1. The van der Waals surface area contributed by atoms with E-state index in [0.717, 1.165) is 16.8 Å². The first-order valence-corrected chi connectivity index (χ1v) is 6.45. The van der Waals surface area contributed by atoms with Gasteiger partial charge >= 0.3 is 0 Å². The Morgan fingerprint density at radius 1 is 1.16 bits per heavy atom. The quantitative estimate of drug-likeness (QED) is 0.757. The van der Waals surface area contributed by atoms with Gasteiger partial charge in [0.15, 0.2) is 0 Å². The second-order valence-corrected chi connectivity index (χ2v) is 4.49. The molecule has 0 saturated carbocycles. The Bertz CT molecular complexity index is 531. The first-order chi connectivity index (χ1) is 9.31. The second-order valence-electron chi connectivity index (χ2n) is 4.08. The van der Waals surface area contributed by atoms with Crippen molar-refractivity contribution in [3.05, 3.63) is 53.2 Å². The van der Waals surface area contributed by atoms with Crippen LogP contribution >= 0.6 is 11.6 Å². The molecular formula is C15H16ClNO2. The summed E-state index contributed by atoms with van der Waals surface area (Å²) in [6.07, 6.45) is 1.74. The lowest BCUT2D eigenvalue weighted by Crippen LogP contribution is -2.01. The fourth-order valence-electron chi connectivity index (χ4n) is 1.74. The predicted octanol–water partition coefficient (Wildman–Crippen LogP) is 3.57. The Labute approximate surface area is 118 Å². The molecule has 0 fully saturated rings. The van der Waals surface area contributed by atoms with E-state index in [-0.39, 0.29) is 0 Å². The highest BCUT2D eigenvalue weighted by Crippen LogP contribution is 2.25. The molecule has 4 heteroatoms. The minimum Gasteiger partial charge on any atom is -0.382 e. The molecule has 0 N–H and O–H groups in total. The zero-order valence-electron chi connectivity index (χ0n) is 10.8. The summed E-state index contributed by atoms with van der Waals surface area (Å²) < 4.78 is 10.4. The summed E-state index contributed by atoms with van der Waals surface area (Å²) in [5.41, 5.74) is 2.89. The van der Waals surface area contributed by atoms with Gasteiger partial charge in [-0.3, -0.25) is 4.98 Å². The van der Waals surface area contributed by atoms with Crippen molar-refractivity contribution in [2.24, 2.45) is 0 Å². The van der Waals surface area contributed by atoms with Gasteiger partial charge in [-0.2, -0.15) is 0 Å². The van der Waals surface area contributed by atoms with Gasteiger partial charge in [-0.25, -0.2) is 0 Å². The average Bonchev–Trinajstić information content (AvgIpc) is 2.44. The number of aromatic nitrogens is 1. The molecule has 2 aromatic rings. The molecule has 1 heterocycles. The van der Waals surface area contributed by atoms with Gasteiger partial charge in [0.25, 0.3) is 0 Å². The van der Waals surface area contributed by atoms with E-state index in [1.807, 2.05) is 36.4 Å². The molecular weight excluding hydrogens is 262 g/mol. The lowest BCUT2D eigenvalue weighted by molar-refractivity contribution is 0.0617. The fourth-order valence-corrected chi connectivity index (χ4v) is 1.97. The van der Waals surface area contributed by atoms with Crippen LogP contribution in [0.5, 0.6) is 0 Å². The summed E-state index contributed by atoms with van der Waals surface area (Å²) in [6, 6.07) is 11.7. The molecule has 0 amide bonds. The van der Waals surface area contributed by atoms with Crippen molar-refractivity contribution in [3.63, 3.8) is 0 Å². The van der Waals surface area contributed by atoms with Crippen LogP contribution in [0.2, 0.25) is 5.02 Å². The van der Waals surface area contributed by atoms with Crippen LogP contribution in [0, 0.1) is 0 Å². The highest BCUT2D eigenvalue weighted by molar-refractivity contribution is 6.33. The van der Waals surface area contributed by atoms with Crippen molar-refractivity contribution >= 4 is 11.6 Å². The van der Waals surface area contributed by atoms with E-state index in [9.17, 15) is 0 Å². The van der Waals surface area contributed by atoms with E-state index in [1.165, 1.54) is 0 Å². The highest BCUT2D eigenvalue weighted by Gasteiger charge is 2.05. The summed E-state index contributed by atoms with van der Waals surface area (Å²) in [4.78, 5) is 4.31. The largest absolute Gasteiger partial charge is 0.382 e. The molecule has 0 radical (unpaired) electrons. The second kappa shape index (κ2) is 7.24. The van der Waals surface area contributed by atoms with Gasteiger partial charge < -0.3 is 9.47 Å². The maximum Gasteiger partial charge on any atom is 0.0888 e. The first-order valence-electron chi connectivity index (χ1n) is 6.08. The Balaban J connectivity index is 2.09. The number of hydrogen-bond donors (Lipinski definition) is 0. The molecule has 0 atom stereocenters. The standard InChI is InChI=1S/C15H16ClNO2/c1-18-8-9-19-11-12-4-2-5-13(10-12)15-14(16)6-3-7-17-15/h2-7,10H,8-9,11H2,1H3. The van der Waals surface area contributed by atoms with Crippen LogP contribution in [0.3, 0.4) is 0 Å². The topological polar surface area (TPSA) is 31.4 Å². The molecule has 1 aromatic carbocycles. The zero-order chi connectivity index (χ0) is 13.5. The van der Waals surface area contributed by atoms with Gasteiger partial charge in [0.05, 0.1) is 30.5 Å². The third-order valence-corrected chi connectivity index (χ3v) is 2.96. The Kier molecular flexibility index (Phi) is 5.33. The molecule has 0 bridgehead atoms. The summed E-state index contributed by atoms with van der Waals surface area (Å²) in [6.45, 7) is 1.75. The van der Waals surface area contributed by atoms with Crippen molar-refractivity contribution in [2.45, 2.75) is 6.61 Å². The van der Waals surface area contributed by atoms with Gasteiger partial charge in [0.2, 0.25) is 0 Å². The third-order valence-electron chi connectivity index (χ3n) is 2.66. The monoisotopic (exact) mass is 277 g/mol. The number of benzene rings is 1. The van der Waals surface area contributed by atoms with Crippen LogP contribution in [0.15, 0.2) is 42.6 Å². The lowest BCUT2D eigenvalue weighted by Gasteiger charge is -2.07. The molecule has 0 unspecified atom stereocenters. The molecule has 0 aliphatic carbocycles. The molecule has 0 saturated heterocycles. The first kappa shape index (κ1) is 14.0. The minimum absolute atomic E-state index is 0.557. The molecule has 0 aliphatic heterocycles. The number of rotatable bonds is 6. The van der Waals surface area contributed by atoms with E-state index < -0.39 is 0 Å².